The minimum atomic E-state index is -0.116. The second kappa shape index (κ2) is 13.0. The van der Waals surface area contributed by atoms with E-state index in [1.54, 1.807) is 0 Å². The Kier molecular flexibility index (Phi) is 8.08. The van der Waals surface area contributed by atoms with E-state index in [0.717, 1.165) is 68.3 Å². The average molecular weight is 658 g/mol. The lowest BCUT2D eigenvalue weighted by atomic mass is 9.84. The van der Waals surface area contributed by atoms with Crippen LogP contribution in [0.3, 0.4) is 0 Å². The number of hydrogen-bond acceptors (Lipinski definition) is 4. The maximum atomic E-state index is 10.3. The lowest BCUT2D eigenvalue weighted by molar-refractivity contribution is 0.431. The number of anilines is 2. The minimum Gasteiger partial charge on any atom is -0.336 e. The summed E-state index contributed by atoms with van der Waals surface area (Å²) in [5, 5.41) is 32.1. The van der Waals surface area contributed by atoms with E-state index in [4.69, 9.17) is 0 Å². The summed E-state index contributed by atoms with van der Waals surface area (Å²) in [6.07, 6.45) is 1.74. The van der Waals surface area contributed by atoms with E-state index >= 15 is 0 Å². The fraction of sp³-hybridized carbons (Fsp3) is 0.152. The molecule has 3 atom stereocenters. The molecule has 1 aliphatic heterocycles. The monoisotopic (exact) mass is 657 g/mol. The Morgan fingerprint density at radius 1 is 0.608 bits per heavy atom. The van der Waals surface area contributed by atoms with Gasteiger partial charge in [0.15, 0.2) is 0 Å². The second-order valence-electron chi connectivity index (χ2n) is 13.2. The van der Waals surface area contributed by atoms with E-state index < -0.39 is 0 Å². The van der Waals surface area contributed by atoms with Crippen molar-refractivity contribution >= 4 is 33.2 Å². The van der Waals surface area contributed by atoms with Crippen molar-refractivity contribution in [2.75, 3.05) is 4.90 Å². The molecule has 51 heavy (non-hydrogen) atoms. The number of hydrogen-bond donors (Lipinski definition) is 0. The zero-order chi connectivity index (χ0) is 35.1. The first-order valence-electron chi connectivity index (χ1n) is 17.6. The second-order valence-corrected chi connectivity index (χ2v) is 13.2. The van der Waals surface area contributed by atoms with Gasteiger partial charge in [0, 0.05) is 33.6 Å². The van der Waals surface area contributed by atoms with Crippen LogP contribution < -0.4 is 4.90 Å². The van der Waals surface area contributed by atoms with Crippen molar-refractivity contribution in [2.45, 2.75) is 38.6 Å². The zero-order valence-electron chi connectivity index (χ0n) is 28.6. The molecule has 1 aromatic heterocycles. The molecule has 0 spiro atoms. The molecule has 1 aliphatic rings. The maximum Gasteiger partial charge on any atom is 0.0992 e. The van der Waals surface area contributed by atoms with Gasteiger partial charge in [-0.2, -0.15) is 15.8 Å². The first kappa shape index (κ1) is 31.6. The van der Waals surface area contributed by atoms with Gasteiger partial charge in [0.1, 0.15) is 0 Å². The third-order valence-electron chi connectivity index (χ3n) is 10.6. The topological polar surface area (TPSA) is 79.5 Å². The molecule has 2 heterocycles. The normalized spacial score (nSPS) is 15.6. The highest BCUT2D eigenvalue weighted by molar-refractivity contribution is 6.10. The molecule has 0 saturated heterocycles. The van der Waals surface area contributed by atoms with Gasteiger partial charge in [-0.1, -0.05) is 92.7 Å². The molecule has 3 unspecified atom stereocenters. The van der Waals surface area contributed by atoms with Crippen LogP contribution in [0, 0.1) is 39.9 Å². The molecule has 8 rings (SSSR count). The molecule has 7 aromatic rings. The molecule has 0 bridgehead atoms. The van der Waals surface area contributed by atoms with Crippen LogP contribution in [0.2, 0.25) is 0 Å². The number of para-hydroxylation sites is 2. The van der Waals surface area contributed by atoms with Gasteiger partial charge in [0.05, 0.1) is 58.0 Å². The molecule has 0 amide bonds. The Labute approximate surface area is 298 Å². The number of nitrogens with zero attached hydrogens (tertiary/aromatic N) is 5. The molecular weight excluding hydrogens is 623 g/mol. The van der Waals surface area contributed by atoms with Crippen LogP contribution in [-0.2, 0) is 0 Å². The molecule has 5 nitrogen and oxygen atoms in total. The smallest absolute Gasteiger partial charge is 0.0992 e. The summed E-state index contributed by atoms with van der Waals surface area (Å²) in [5.74, 6) is 0.147. The predicted molar refractivity (Wildman–Crippen MR) is 206 cm³/mol. The van der Waals surface area contributed by atoms with Crippen LogP contribution in [0.15, 0.2) is 133 Å². The van der Waals surface area contributed by atoms with Crippen LogP contribution in [0.1, 0.15) is 49.3 Å². The van der Waals surface area contributed by atoms with Crippen LogP contribution in [-0.4, -0.2) is 10.6 Å². The fourth-order valence-electron chi connectivity index (χ4n) is 8.30. The molecule has 0 fully saturated rings. The van der Waals surface area contributed by atoms with Crippen molar-refractivity contribution in [3.63, 3.8) is 0 Å². The molecule has 6 aromatic carbocycles. The van der Waals surface area contributed by atoms with Gasteiger partial charge >= 0.3 is 0 Å². The van der Waals surface area contributed by atoms with Crippen molar-refractivity contribution in [1.82, 2.24) is 4.57 Å². The fourth-order valence-corrected chi connectivity index (χ4v) is 8.30. The molecule has 0 saturated carbocycles. The van der Waals surface area contributed by atoms with Crippen LogP contribution in [0.5, 0.6) is 0 Å². The summed E-state index contributed by atoms with van der Waals surface area (Å²) in [4.78, 5) is 2.41. The highest BCUT2D eigenvalue weighted by atomic mass is 15.2. The third-order valence-corrected chi connectivity index (χ3v) is 10.6. The van der Waals surface area contributed by atoms with Gasteiger partial charge in [0.2, 0.25) is 0 Å². The predicted octanol–water partition coefficient (Wildman–Crippen LogP) is 11.4. The van der Waals surface area contributed by atoms with Gasteiger partial charge in [-0.3, -0.25) is 0 Å². The summed E-state index contributed by atoms with van der Waals surface area (Å²) < 4.78 is 2.22. The summed E-state index contributed by atoms with van der Waals surface area (Å²) in [5.41, 5.74) is 11.8. The van der Waals surface area contributed by atoms with Crippen LogP contribution >= 0.6 is 0 Å². The molecule has 0 aliphatic carbocycles. The SMILES string of the molecule is CCC(C#N)C1C(CC)c2ccccc2N1c1cccc(-c2ccccc2-c2ccc(C#N)cc2-n2c3ccccc3c3cc(C#N)ccc32)c1. The van der Waals surface area contributed by atoms with Gasteiger partial charge in [-0.25, -0.2) is 0 Å². The summed E-state index contributed by atoms with van der Waals surface area (Å²) >= 11 is 0. The lowest BCUT2D eigenvalue weighted by Crippen LogP contribution is -2.36. The van der Waals surface area contributed by atoms with Crippen molar-refractivity contribution in [3.8, 4) is 46.1 Å². The van der Waals surface area contributed by atoms with Gasteiger partial charge in [0.25, 0.3) is 0 Å². The number of fused-ring (bicyclic) bond motifs is 4. The van der Waals surface area contributed by atoms with Crippen LogP contribution in [0.4, 0.5) is 11.4 Å². The number of nitriles is 3. The Bertz CT molecular complexity index is 2590. The van der Waals surface area contributed by atoms with Crippen molar-refractivity contribution < 1.29 is 0 Å². The zero-order valence-corrected chi connectivity index (χ0v) is 28.6. The number of rotatable bonds is 7. The van der Waals surface area contributed by atoms with Crippen molar-refractivity contribution in [2.24, 2.45) is 5.92 Å². The standard InChI is InChI=1S/C46H35N5/c1-3-32(29-49)46-35(4-2)38-16-7-9-18-42(38)50(46)34-13-11-12-33(26-34)36-14-5-6-15-37(36)40-22-20-31(28-48)25-45(40)51-43-19-10-8-17-39(43)41-24-30(27-47)21-23-44(41)51/h5-26,32,35,46H,3-4H2,1-2H3. The number of benzene rings is 6. The first-order chi connectivity index (χ1) is 25.1. The Hall–Kier alpha value is -6.61. The summed E-state index contributed by atoms with van der Waals surface area (Å²) in [6.45, 7) is 4.34. The molecule has 244 valence electrons. The van der Waals surface area contributed by atoms with Crippen molar-refractivity contribution in [3.05, 3.63) is 150 Å². The molecule has 5 heteroatoms. The molecular formula is C46H35N5. The summed E-state index contributed by atoms with van der Waals surface area (Å²) in [6, 6.07) is 53.1. The Morgan fingerprint density at radius 2 is 1.31 bits per heavy atom. The summed E-state index contributed by atoms with van der Waals surface area (Å²) in [7, 11) is 0. The van der Waals surface area contributed by atoms with Gasteiger partial charge in [-0.15, -0.1) is 0 Å². The highest BCUT2D eigenvalue weighted by Crippen LogP contribution is 2.50. The van der Waals surface area contributed by atoms with Gasteiger partial charge in [-0.05, 0) is 89.7 Å². The average Bonchev–Trinajstić information content (AvgIpc) is 3.70. The highest BCUT2D eigenvalue weighted by Gasteiger charge is 2.42. The van der Waals surface area contributed by atoms with E-state index in [1.807, 2.05) is 42.5 Å². The molecule has 0 radical (unpaired) electrons. The lowest BCUT2D eigenvalue weighted by Gasteiger charge is -2.33. The first-order valence-corrected chi connectivity index (χ1v) is 17.6. The third kappa shape index (κ3) is 5.13. The Morgan fingerprint density at radius 3 is 2.10 bits per heavy atom. The van der Waals surface area contributed by atoms with E-state index in [-0.39, 0.29) is 17.9 Å². The maximum absolute atomic E-state index is 10.3. The minimum absolute atomic E-state index is 0.0369. The largest absolute Gasteiger partial charge is 0.336 e. The van der Waals surface area contributed by atoms with Crippen LogP contribution in [0.25, 0.3) is 49.7 Å². The number of aromatic nitrogens is 1. The van der Waals surface area contributed by atoms with Gasteiger partial charge < -0.3 is 9.47 Å². The quantitative estimate of drug-likeness (QED) is 0.171. The molecule has 0 N–H and O–H groups in total. The van der Waals surface area contributed by atoms with E-state index in [0.29, 0.717) is 11.1 Å². The van der Waals surface area contributed by atoms with E-state index in [2.05, 4.69) is 133 Å². The van der Waals surface area contributed by atoms with E-state index in [9.17, 15) is 15.8 Å². The Balaban J connectivity index is 1.33. The van der Waals surface area contributed by atoms with E-state index in [1.165, 1.54) is 11.3 Å². The van der Waals surface area contributed by atoms with Crippen molar-refractivity contribution in [1.29, 1.82) is 15.8 Å².